The van der Waals surface area contributed by atoms with E-state index in [0.29, 0.717) is 150 Å². The predicted octanol–water partition coefficient (Wildman–Crippen LogP) is 5.57. The Hall–Kier alpha value is -7.41. The number of piperidine rings is 2. The molecule has 3 aliphatic rings. The first-order chi connectivity index (χ1) is 37.6. The molecule has 2 aromatic carbocycles. The molecular weight excluding hydrogens is 1030 g/mol. The zero-order valence-electron chi connectivity index (χ0n) is 43.7. The summed E-state index contributed by atoms with van der Waals surface area (Å²) in [5, 5.41) is 8.71. The maximum Gasteiger partial charge on any atom is 0.264 e. The molecule has 0 radical (unpaired) electrons. The Bertz CT molecular complexity index is 3120. The van der Waals surface area contributed by atoms with E-state index in [2.05, 4.69) is 37.2 Å². The molecule has 6 heterocycles. The molecule has 1 unspecified atom stereocenters. The van der Waals surface area contributed by atoms with Crippen molar-refractivity contribution < 1.29 is 55.4 Å². The van der Waals surface area contributed by atoms with E-state index >= 15 is 8.78 Å². The number of fused-ring (bicyclic) bond motifs is 2. The highest BCUT2D eigenvalue weighted by atomic mass is 32.2. The van der Waals surface area contributed by atoms with Crippen molar-refractivity contribution >= 4 is 67.8 Å². The van der Waals surface area contributed by atoms with Crippen LogP contribution < -0.4 is 25.6 Å². The summed E-state index contributed by atoms with van der Waals surface area (Å²) in [5.41, 5.74) is 2.60. The third-order valence-electron chi connectivity index (χ3n) is 13.7. The lowest BCUT2D eigenvalue weighted by Crippen LogP contribution is -2.51. The van der Waals surface area contributed by atoms with E-state index in [0.717, 1.165) is 17.0 Å². The Kier molecular flexibility index (Phi) is 19.1. The second kappa shape index (κ2) is 26.3. The molecule has 8 rings (SSSR count). The number of imide groups is 1. The second-order valence-corrected chi connectivity index (χ2v) is 21.0. The van der Waals surface area contributed by atoms with Gasteiger partial charge in [-0.3, -0.25) is 33.6 Å². The van der Waals surface area contributed by atoms with Crippen molar-refractivity contribution in [2.45, 2.75) is 76.8 Å². The van der Waals surface area contributed by atoms with Gasteiger partial charge in [-0.15, -0.1) is 0 Å². The van der Waals surface area contributed by atoms with E-state index < -0.39 is 51.1 Å². The summed E-state index contributed by atoms with van der Waals surface area (Å²) in [6, 6.07) is 9.69. The molecule has 0 aliphatic carbocycles. The zero-order valence-corrected chi connectivity index (χ0v) is 44.5. The van der Waals surface area contributed by atoms with Crippen LogP contribution in [0.15, 0.2) is 79.7 Å². The molecule has 4 N–H and O–H groups in total. The van der Waals surface area contributed by atoms with Crippen LogP contribution in [0.3, 0.4) is 0 Å². The van der Waals surface area contributed by atoms with Crippen molar-refractivity contribution in [2.75, 3.05) is 93.6 Å². The van der Waals surface area contributed by atoms with Gasteiger partial charge in [0.05, 0.1) is 60.0 Å². The van der Waals surface area contributed by atoms with Crippen LogP contribution in [0.4, 0.5) is 26.0 Å². The van der Waals surface area contributed by atoms with E-state index in [1.807, 2.05) is 11.9 Å². The highest BCUT2D eigenvalue weighted by Gasteiger charge is 2.45. The summed E-state index contributed by atoms with van der Waals surface area (Å²) in [6.45, 7) is 9.70. The minimum atomic E-state index is -3.88. The monoisotopic (exact) mass is 1100 g/mol. The lowest BCUT2D eigenvalue weighted by Gasteiger charge is -2.37. The molecule has 78 heavy (non-hydrogen) atoms. The quantitative estimate of drug-likeness (QED) is 0.0371. The van der Waals surface area contributed by atoms with Crippen LogP contribution in [0.1, 0.15) is 85.4 Å². The number of benzene rings is 2. The van der Waals surface area contributed by atoms with Gasteiger partial charge in [-0.05, 0) is 81.3 Å². The number of amides is 5. The largest absolute Gasteiger partial charge is 0.384 e. The number of carbonyl (C=O) groups excluding carboxylic acids is 5. The number of pyridine rings is 1. The first kappa shape index (κ1) is 56.8. The Balaban J connectivity index is 0.686. The number of nitrogens with zero attached hydrogens (tertiary/aromatic N) is 7. The SMILES string of the molecule is C=C1CCC(N2C(=O)c3cccc(NCCCOCCOCCOCCCNC(=O)CCC(=O)N4CCC(N(C)c5ccc6c(n5)c(-c5cncnc5)cn6-c5c(F)ccc(NS(=O)(=O)CCC)c5F)CC4)c3C2=O)C(=O)N1. The molecule has 1 atom stereocenters. The molecule has 24 heteroatoms. The van der Waals surface area contributed by atoms with Gasteiger partial charge in [-0.1, -0.05) is 19.6 Å². The number of aromatic nitrogens is 4. The van der Waals surface area contributed by atoms with Crippen molar-refractivity contribution in [2.24, 2.45) is 0 Å². The Morgan fingerprint density at radius 2 is 1.56 bits per heavy atom. The van der Waals surface area contributed by atoms with Gasteiger partial charge < -0.3 is 44.5 Å². The normalized spacial score (nSPS) is 15.9. The maximum absolute atomic E-state index is 16.1. The number of hydrogen-bond donors (Lipinski definition) is 4. The van der Waals surface area contributed by atoms with Gasteiger partial charge >= 0.3 is 0 Å². The molecule has 3 aromatic heterocycles. The summed E-state index contributed by atoms with van der Waals surface area (Å²) < 4.78 is 77.1. The molecule has 0 bridgehead atoms. The molecule has 416 valence electrons. The number of carbonyl (C=O) groups is 5. The fraction of sp³-hybridized carbons (Fsp3) is 0.444. The van der Waals surface area contributed by atoms with Crippen molar-refractivity contribution in [3.63, 3.8) is 0 Å². The molecule has 2 fully saturated rings. The molecule has 0 spiro atoms. The van der Waals surface area contributed by atoms with E-state index in [1.54, 1.807) is 54.5 Å². The number of halogens is 2. The van der Waals surface area contributed by atoms with Gasteiger partial charge in [0.2, 0.25) is 27.7 Å². The molecule has 2 saturated heterocycles. The predicted molar refractivity (Wildman–Crippen MR) is 287 cm³/mol. The standard InChI is InChI=1S/C54H65F2N11O10S/c1-4-30-78(73,74)63-42-12-11-40(55)51(49(42)56)66-33-39(36-31-57-34-58-32-36)50-43(66)14-15-45(62-50)64(3)37-18-22-65(23-19-37)47(69)17-16-46(68)60-21-7-25-76-27-29-77-28-26-75-24-6-20-59-41-9-5-8-38-48(41)54(72)67(53(38)71)44-13-10-35(2)61-52(44)70/h5,8-9,11-12,14-15,31-34,37,44,59,63H,2,4,6-7,10,13,16-30H2,1,3H3,(H,60,68)(H,61,70). The molecule has 5 aromatic rings. The third kappa shape index (κ3) is 13.6. The van der Waals surface area contributed by atoms with E-state index in [4.69, 9.17) is 19.2 Å². The van der Waals surface area contributed by atoms with Crippen molar-refractivity contribution in [3.05, 3.63) is 102 Å². The number of nitrogens with one attached hydrogen (secondary N) is 4. The van der Waals surface area contributed by atoms with Crippen LogP contribution in [-0.2, 0) is 38.6 Å². The molecular formula is C54H65F2N11O10S. The summed E-state index contributed by atoms with van der Waals surface area (Å²) in [5.74, 6) is -3.34. The van der Waals surface area contributed by atoms with Crippen LogP contribution in [0.25, 0.3) is 27.8 Å². The Morgan fingerprint density at radius 1 is 0.859 bits per heavy atom. The average Bonchev–Trinajstić information content (AvgIpc) is 4.02. The maximum atomic E-state index is 16.1. The zero-order chi connectivity index (χ0) is 55.3. The summed E-state index contributed by atoms with van der Waals surface area (Å²) >= 11 is 0. The highest BCUT2D eigenvalue weighted by molar-refractivity contribution is 7.92. The number of ether oxygens (including phenoxy) is 3. The van der Waals surface area contributed by atoms with Gasteiger partial charge in [0.15, 0.2) is 5.82 Å². The van der Waals surface area contributed by atoms with Crippen molar-refractivity contribution in [3.8, 4) is 16.8 Å². The van der Waals surface area contributed by atoms with Gasteiger partial charge in [0, 0.05) is 106 Å². The van der Waals surface area contributed by atoms with Gasteiger partial charge in [-0.25, -0.2) is 32.2 Å². The van der Waals surface area contributed by atoms with E-state index in [9.17, 15) is 32.4 Å². The van der Waals surface area contributed by atoms with Crippen LogP contribution in [0.5, 0.6) is 0 Å². The van der Waals surface area contributed by atoms with Crippen LogP contribution >= 0.6 is 0 Å². The fourth-order valence-corrected chi connectivity index (χ4v) is 10.8. The smallest absolute Gasteiger partial charge is 0.264 e. The highest BCUT2D eigenvalue weighted by Crippen LogP contribution is 2.37. The van der Waals surface area contributed by atoms with Crippen LogP contribution in [0, 0.1) is 11.6 Å². The lowest BCUT2D eigenvalue weighted by atomic mass is 10.0. The van der Waals surface area contributed by atoms with Crippen molar-refractivity contribution in [1.29, 1.82) is 0 Å². The van der Waals surface area contributed by atoms with E-state index in [1.165, 1.54) is 17.1 Å². The third-order valence-corrected chi connectivity index (χ3v) is 15.2. The number of rotatable bonds is 27. The van der Waals surface area contributed by atoms with Crippen molar-refractivity contribution in [1.82, 2.24) is 40.0 Å². The molecule has 0 saturated carbocycles. The minimum absolute atomic E-state index is 0.00797. The lowest BCUT2D eigenvalue weighted by molar-refractivity contribution is -0.134. The van der Waals surface area contributed by atoms with Gasteiger partial charge in [-0.2, -0.15) is 0 Å². The topological polar surface area (TPSA) is 249 Å². The fourth-order valence-electron chi connectivity index (χ4n) is 9.69. The minimum Gasteiger partial charge on any atom is -0.384 e. The second-order valence-electron chi connectivity index (χ2n) is 19.2. The molecule has 21 nitrogen and oxygen atoms in total. The Morgan fingerprint density at radius 3 is 2.27 bits per heavy atom. The number of likely N-dealkylation sites (tertiary alicyclic amines) is 1. The van der Waals surface area contributed by atoms with Crippen LogP contribution in [-0.4, -0.2) is 158 Å². The molecule has 5 amide bonds. The molecule has 3 aliphatic heterocycles. The number of allylic oxidation sites excluding steroid dienone is 1. The van der Waals surface area contributed by atoms with E-state index in [-0.39, 0.29) is 53.3 Å². The van der Waals surface area contributed by atoms with Gasteiger partial charge in [0.25, 0.3) is 11.8 Å². The van der Waals surface area contributed by atoms with Gasteiger partial charge in [0.1, 0.15) is 29.7 Å². The number of anilines is 3. The first-order valence-corrected chi connectivity index (χ1v) is 27.8. The number of sulfonamides is 1. The summed E-state index contributed by atoms with van der Waals surface area (Å²) in [6.07, 6.45) is 9.80. The number of hydrogen-bond acceptors (Lipinski definition) is 15. The Labute approximate surface area is 451 Å². The summed E-state index contributed by atoms with van der Waals surface area (Å²) in [7, 11) is -1.97. The summed E-state index contributed by atoms with van der Waals surface area (Å²) in [4.78, 5) is 82.8. The first-order valence-electron chi connectivity index (χ1n) is 26.2. The average molecular weight is 1100 g/mol. The van der Waals surface area contributed by atoms with Crippen LogP contribution in [0.2, 0.25) is 0 Å².